The number of ether oxygens (including phenoxy) is 1. The van der Waals surface area contributed by atoms with Crippen LogP contribution in [0.15, 0.2) is 61.1 Å². The van der Waals surface area contributed by atoms with Crippen molar-refractivity contribution in [3.05, 3.63) is 61.1 Å². The number of pyridine rings is 1. The fraction of sp³-hybridized carbons (Fsp3) is 0.280. The van der Waals surface area contributed by atoms with E-state index < -0.39 is 0 Å². The molecule has 0 bridgehead atoms. The molecule has 1 aromatic carbocycles. The molecule has 9 nitrogen and oxygen atoms in total. The van der Waals surface area contributed by atoms with Crippen LogP contribution < -0.4 is 15.0 Å². The van der Waals surface area contributed by atoms with Gasteiger partial charge in [-0.05, 0) is 37.1 Å². The minimum atomic E-state index is -0.279. The van der Waals surface area contributed by atoms with Crippen LogP contribution in [0.3, 0.4) is 0 Å². The smallest absolute Gasteiger partial charge is 0.228 e. The molecule has 0 aliphatic carbocycles. The monoisotopic (exact) mass is 457 g/mol. The maximum absolute atomic E-state index is 9.97. The van der Waals surface area contributed by atoms with Crippen molar-refractivity contribution in [2.75, 3.05) is 30.4 Å². The van der Waals surface area contributed by atoms with Crippen LogP contribution in [0.2, 0.25) is 0 Å². The number of aryl methyl sites for hydroxylation is 1. The first kappa shape index (κ1) is 21.8. The molecule has 3 aromatic heterocycles. The molecule has 0 amide bonds. The Kier molecular flexibility index (Phi) is 6.09. The van der Waals surface area contributed by atoms with Crippen molar-refractivity contribution in [2.24, 2.45) is 7.05 Å². The number of aliphatic hydroxyl groups is 1. The van der Waals surface area contributed by atoms with Crippen molar-refractivity contribution in [3.8, 4) is 28.3 Å². The highest BCUT2D eigenvalue weighted by Crippen LogP contribution is 2.38. The molecule has 2 N–H and O–H groups in total. The summed E-state index contributed by atoms with van der Waals surface area (Å²) in [4.78, 5) is 16.0. The number of aliphatic hydroxyl groups excluding tert-OH is 1. The fourth-order valence-corrected chi connectivity index (χ4v) is 4.09. The summed E-state index contributed by atoms with van der Waals surface area (Å²) in [5.41, 5.74) is 4.31. The van der Waals surface area contributed by atoms with E-state index in [4.69, 9.17) is 14.7 Å². The topological polar surface area (TPSA) is 101 Å². The van der Waals surface area contributed by atoms with Crippen LogP contribution >= 0.6 is 0 Å². The van der Waals surface area contributed by atoms with Crippen LogP contribution in [0.5, 0.6) is 5.75 Å². The lowest BCUT2D eigenvalue weighted by Gasteiger charge is -2.30. The van der Waals surface area contributed by atoms with Crippen molar-refractivity contribution in [3.63, 3.8) is 0 Å². The average Bonchev–Trinajstić information content (AvgIpc) is 3.31. The minimum absolute atomic E-state index is 0.279. The molecule has 0 saturated carbocycles. The van der Waals surface area contributed by atoms with E-state index in [1.165, 1.54) is 0 Å². The van der Waals surface area contributed by atoms with Gasteiger partial charge in [-0.2, -0.15) is 10.1 Å². The molecule has 4 aromatic rings. The first-order chi connectivity index (χ1) is 16.6. The van der Waals surface area contributed by atoms with Gasteiger partial charge in [0.1, 0.15) is 5.69 Å². The normalized spacial score (nSPS) is 14.3. The predicted octanol–water partition coefficient (Wildman–Crippen LogP) is 3.65. The zero-order valence-corrected chi connectivity index (χ0v) is 19.2. The van der Waals surface area contributed by atoms with Gasteiger partial charge in [-0.15, -0.1) is 0 Å². The van der Waals surface area contributed by atoms with Gasteiger partial charge < -0.3 is 20.1 Å². The zero-order chi connectivity index (χ0) is 23.5. The number of anilines is 3. The van der Waals surface area contributed by atoms with Gasteiger partial charge in [0.25, 0.3) is 0 Å². The average molecular weight is 458 g/mol. The van der Waals surface area contributed by atoms with Crippen molar-refractivity contribution in [1.29, 1.82) is 0 Å². The summed E-state index contributed by atoms with van der Waals surface area (Å²) in [6.45, 7) is 1.38. The zero-order valence-electron chi connectivity index (χ0n) is 19.2. The highest BCUT2D eigenvalue weighted by molar-refractivity contribution is 5.79. The third-order valence-corrected chi connectivity index (χ3v) is 5.89. The molecule has 1 aliphatic rings. The van der Waals surface area contributed by atoms with E-state index in [2.05, 4.69) is 26.4 Å². The summed E-state index contributed by atoms with van der Waals surface area (Å²) < 4.78 is 7.62. The largest absolute Gasteiger partial charge is 0.491 e. The number of rotatable bonds is 6. The second-order valence-corrected chi connectivity index (χ2v) is 8.29. The highest BCUT2D eigenvalue weighted by Gasteiger charge is 2.24. The Morgan fingerprint density at radius 1 is 1.03 bits per heavy atom. The molecule has 1 fully saturated rings. The Balaban J connectivity index is 1.61. The number of nitrogens with zero attached hydrogens (tertiary/aromatic N) is 6. The summed E-state index contributed by atoms with van der Waals surface area (Å²) >= 11 is 0. The summed E-state index contributed by atoms with van der Waals surface area (Å²) in [5, 5.41) is 17.9. The lowest BCUT2D eigenvalue weighted by molar-refractivity contribution is 0.145. The quantitative estimate of drug-likeness (QED) is 0.452. The molecule has 1 aliphatic heterocycles. The van der Waals surface area contributed by atoms with Gasteiger partial charge in [-0.3, -0.25) is 9.67 Å². The van der Waals surface area contributed by atoms with Crippen LogP contribution in [0.25, 0.3) is 22.5 Å². The standard InChI is InChI=1S/C25H27N7O2/c1-31-13-10-21(30-31)17-4-3-5-18(16-17)22-23(34-2)24(27-19-6-11-26-12-7-19)29-25(28-22)32-14-8-20(33)9-15-32/h3-7,10-13,16,20,33H,8-9,14-15H2,1-2H3,(H,26,27,28,29). The van der Waals surface area contributed by atoms with E-state index in [9.17, 15) is 5.11 Å². The Hall–Kier alpha value is -3.98. The Morgan fingerprint density at radius 2 is 1.79 bits per heavy atom. The molecule has 4 heterocycles. The van der Waals surface area contributed by atoms with Gasteiger partial charge in [0, 0.05) is 55.5 Å². The second-order valence-electron chi connectivity index (χ2n) is 8.29. The molecule has 0 unspecified atom stereocenters. The van der Waals surface area contributed by atoms with Gasteiger partial charge in [0.15, 0.2) is 11.6 Å². The number of nitrogens with one attached hydrogen (secondary N) is 1. The minimum Gasteiger partial charge on any atom is -0.491 e. The lowest BCUT2D eigenvalue weighted by Crippen LogP contribution is -2.37. The van der Waals surface area contributed by atoms with Crippen molar-refractivity contribution < 1.29 is 9.84 Å². The maximum Gasteiger partial charge on any atom is 0.228 e. The van der Waals surface area contributed by atoms with Gasteiger partial charge >= 0.3 is 0 Å². The molecule has 0 spiro atoms. The molecule has 5 rings (SSSR count). The number of hydrogen-bond acceptors (Lipinski definition) is 8. The molecule has 0 atom stereocenters. The summed E-state index contributed by atoms with van der Waals surface area (Å²) in [6, 6.07) is 13.8. The molecule has 1 saturated heterocycles. The highest BCUT2D eigenvalue weighted by atomic mass is 16.5. The molecule has 9 heteroatoms. The second kappa shape index (κ2) is 9.48. The Morgan fingerprint density at radius 3 is 2.50 bits per heavy atom. The number of benzene rings is 1. The number of methoxy groups -OCH3 is 1. The van der Waals surface area contributed by atoms with E-state index in [0.29, 0.717) is 49.1 Å². The lowest BCUT2D eigenvalue weighted by atomic mass is 10.0. The first-order valence-electron chi connectivity index (χ1n) is 11.3. The molecular weight excluding hydrogens is 430 g/mol. The van der Waals surface area contributed by atoms with Gasteiger partial charge in [-0.25, -0.2) is 4.98 Å². The molecule has 34 heavy (non-hydrogen) atoms. The number of piperidine rings is 1. The first-order valence-corrected chi connectivity index (χ1v) is 11.3. The van der Waals surface area contributed by atoms with Crippen LogP contribution in [0, 0.1) is 0 Å². The maximum atomic E-state index is 9.97. The summed E-state index contributed by atoms with van der Waals surface area (Å²) in [7, 11) is 3.53. The predicted molar refractivity (Wildman–Crippen MR) is 131 cm³/mol. The van der Waals surface area contributed by atoms with Gasteiger partial charge in [0.05, 0.1) is 18.9 Å². The Labute approximate surface area is 198 Å². The summed E-state index contributed by atoms with van der Waals surface area (Å²) in [5.74, 6) is 1.72. The Bertz CT molecular complexity index is 1270. The van der Waals surface area contributed by atoms with Crippen molar-refractivity contribution in [1.82, 2.24) is 24.7 Å². The number of aromatic nitrogens is 5. The van der Waals surface area contributed by atoms with E-state index in [1.54, 1.807) is 24.2 Å². The van der Waals surface area contributed by atoms with E-state index in [1.807, 2.05) is 49.6 Å². The fourth-order valence-electron chi connectivity index (χ4n) is 4.09. The van der Waals surface area contributed by atoms with Crippen LogP contribution in [-0.2, 0) is 7.05 Å². The van der Waals surface area contributed by atoms with E-state index in [0.717, 1.165) is 22.5 Å². The van der Waals surface area contributed by atoms with Crippen molar-refractivity contribution in [2.45, 2.75) is 18.9 Å². The third-order valence-electron chi connectivity index (χ3n) is 5.89. The van der Waals surface area contributed by atoms with E-state index >= 15 is 0 Å². The molecule has 174 valence electrons. The third kappa shape index (κ3) is 4.55. The van der Waals surface area contributed by atoms with Crippen molar-refractivity contribution >= 4 is 17.5 Å². The number of hydrogen-bond donors (Lipinski definition) is 2. The van der Waals surface area contributed by atoms with Gasteiger partial charge in [0.2, 0.25) is 5.95 Å². The van der Waals surface area contributed by atoms with Crippen LogP contribution in [0.4, 0.5) is 17.5 Å². The summed E-state index contributed by atoms with van der Waals surface area (Å²) in [6.07, 6.45) is 6.46. The van der Waals surface area contributed by atoms with E-state index in [-0.39, 0.29) is 6.10 Å². The van der Waals surface area contributed by atoms with Crippen LogP contribution in [-0.4, -0.2) is 56.1 Å². The van der Waals surface area contributed by atoms with Gasteiger partial charge in [-0.1, -0.05) is 18.2 Å². The molecule has 0 radical (unpaired) electrons. The molecular formula is C25H27N7O2. The van der Waals surface area contributed by atoms with Crippen LogP contribution in [0.1, 0.15) is 12.8 Å². The SMILES string of the molecule is COc1c(Nc2ccncc2)nc(N2CCC(O)CC2)nc1-c1cccc(-c2ccn(C)n2)c1.